The molecule has 5 nitrogen and oxygen atoms in total. The third kappa shape index (κ3) is 2.32. The predicted molar refractivity (Wildman–Crippen MR) is 112 cm³/mol. The average Bonchev–Trinajstić information content (AvgIpc) is 3.11. The van der Waals surface area contributed by atoms with Crippen LogP contribution >= 0.6 is 11.6 Å². The molecule has 2 heterocycles. The fourth-order valence-corrected chi connectivity index (χ4v) is 4.57. The van der Waals surface area contributed by atoms with E-state index < -0.39 is 17.4 Å². The van der Waals surface area contributed by atoms with Gasteiger partial charge in [0.25, 0.3) is 5.91 Å². The molecule has 0 saturated heterocycles. The van der Waals surface area contributed by atoms with Gasteiger partial charge in [-0.25, -0.2) is 0 Å². The van der Waals surface area contributed by atoms with Gasteiger partial charge in [0, 0.05) is 29.0 Å². The van der Waals surface area contributed by atoms with E-state index in [9.17, 15) is 14.7 Å². The van der Waals surface area contributed by atoms with Gasteiger partial charge in [0.2, 0.25) is 5.91 Å². The first-order chi connectivity index (χ1) is 13.9. The first-order valence-electron chi connectivity index (χ1n) is 9.23. The van der Waals surface area contributed by atoms with E-state index in [0.717, 1.165) is 0 Å². The van der Waals surface area contributed by atoms with Crippen LogP contribution in [0, 0.1) is 0 Å². The number of anilines is 3. The number of carbonyl (C=O) groups is 2. The van der Waals surface area contributed by atoms with Crippen molar-refractivity contribution in [1.82, 2.24) is 0 Å². The van der Waals surface area contributed by atoms with Crippen LogP contribution in [0.3, 0.4) is 0 Å². The summed E-state index contributed by atoms with van der Waals surface area (Å²) < 4.78 is 0. The largest absolute Gasteiger partial charge is 0.374 e. The fraction of sp³-hybridized carbons (Fsp3) is 0.130. The van der Waals surface area contributed by atoms with Crippen molar-refractivity contribution in [2.75, 3.05) is 16.8 Å². The van der Waals surface area contributed by atoms with E-state index in [1.807, 2.05) is 30.3 Å². The number of carbonyl (C=O) groups excluding carboxylic acids is 2. The van der Waals surface area contributed by atoms with E-state index in [0.29, 0.717) is 33.2 Å². The highest BCUT2D eigenvalue weighted by Crippen LogP contribution is 2.54. The van der Waals surface area contributed by atoms with Crippen LogP contribution in [0.5, 0.6) is 0 Å². The van der Waals surface area contributed by atoms with Crippen molar-refractivity contribution in [2.45, 2.75) is 11.5 Å². The molecular formula is C23H17ClN2O3. The quantitative estimate of drug-likeness (QED) is 0.703. The predicted octanol–water partition coefficient (Wildman–Crippen LogP) is 3.97. The van der Waals surface area contributed by atoms with Gasteiger partial charge in [0.15, 0.2) is 5.60 Å². The number of rotatable bonds is 2. The summed E-state index contributed by atoms with van der Waals surface area (Å²) in [4.78, 5) is 29.8. The van der Waals surface area contributed by atoms with Crippen molar-refractivity contribution in [1.29, 1.82) is 0 Å². The Morgan fingerprint density at radius 2 is 1.62 bits per heavy atom. The molecule has 144 valence electrons. The van der Waals surface area contributed by atoms with Crippen LogP contribution in [-0.2, 0) is 15.2 Å². The molecule has 5 rings (SSSR count). The van der Waals surface area contributed by atoms with Crippen molar-refractivity contribution in [3.8, 4) is 0 Å². The van der Waals surface area contributed by atoms with Gasteiger partial charge in [-0.2, -0.15) is 0 Å². The molecule has 0 aliphatic carbocycles. The molecule has 0 bridgehead atoms. The number of para-hydroxylation sites is 2. The molecular weight excluding hydrogens is 388 g/mol. The Morgan fingerprint density at radius 1 is 0.931 bits per heavy atom. The van der Waals surface area contributed by atoms with Crippen LogP contribution in [0.25, 0.3) is 0 Å². The molecule has 0 saturated carbocycles. The number of nitrogens with zero attached hydrogens (tertiary/aromatic N) is 2. The normalized spacial score (nSPS) is 22.8. The maximum absolute atomic E-state index is 13.7. The molecule has 2 atom stereocenters. The zero-order chi connectivity index (χ0) is 20.3. The Balaban J connectivity index is 1.76. The lowest BCUT2D eigenvalue weighted by atomic mass is 9.78. The fourth-order valence-electron chi connectivity index (χ4n) is 4.41. The Bertz CT molecular complexity index is 1160. The van der Waals surface area contributed by atoms with Gasteiger partial charge in [0.1, 0.15) is 5.92 Å². The lowest BCUT2D eigenvalue weighted by Gasteiger charge is -2.28. The highest BCUT2D eigenvalue weighted by Gasteiger charge is 2.60. The van der Waals surface area contributed by atoms with Gasteiger partial charge in [0.05, 0.1) is 5.69 Å². The van der Waals surface area contributed by atoms with E-state index in [-0.39, 0.29) is 5.91 Å². The Labute approximate surface area is 172 Å². The van der Waals surface area contributed by atoms with Crippen molar-refractivity contribution in [3.05, 3.63) is 88.9 Å². The second-order valence-corrected chi connectivity index (χ2v) is 7.73. The minimum atomic E-state index is -2.03. The van der Waals surface area contributed by atoms with E-state index >= 15 is 0 Å². The topological polar surface area (TPSA) is 60.9 Å². The standard InChI is InChI=1S/C23H17ClN2O3/c1-25-18-10-6-5-9-16(18)20(21(25)27)23(29)17-12-11-14(24)13-19(17)26(22(23)28)15-7-3-2-4-8-15/h2-13,20,29H,1H3. The summed E-state index contributed by atoms with van der Waals surface area (Å²) in [5, 5.41) is 12.3. The molecule has 2 unspecified atom stereocenters. The molecule has 0 fully saturated rings. The van der Waals surface area contributed by atoms with Crippen molar-refractivity contribution >= 4 is 40.5 Å². The van der Waals surface area contributed by atoms with E-state index in [2.05, 4.69) is 0 Å². The number of benzene rings is 3. The molecule has 2 aliphatic heterocycles. The molecule has 0 radical (unpaired) electrons. The summed E-state index contributed by atoms with van der Waals surface area (Å²) in [5.74, 6) is -1.92. The third-order valence-corrected chi connectivity index (χ3v) is 5.99. The Morgan fingerprint density at radius 3 is 2.38 bits per heavy atom. The maximum Gasteiger partial charge on any atom is 0.269 e. The molecule has 6 heteroatoms. The first-order valence-corrected chi connectivity index (χ1v) is 9.61. The minimum absolute atomic E-state index is 0.321. The number of hydrogen-bond donors (Lipinski definition) is 1. The van der Waals surface area contributed by atoms with Crippen molar-refractivity contribution in [3.63, 3.8) is 0 Å². The molecule has 3 aromatic rings. The zero-order valence-corrected chi connectivity index (χ0v) is 16.3. The lowest BCUT2D eigenvalue weighted by Crippen LogP contribution is -2.46. The van der Waals surface area contributed by atoms with Crippen LogP contribution in [0.1, 0.15) is 17.0 Å². The lowest BCUT2D eigenvalue weighted by molar-refractivity contribution is -0.143. The van der Waals surface area contributed by atoms with Gasteiger partial charge in [-0.05, 0) is 35.9 Å². The van der Waals surface area contributed by atoms with Crippen LogP contribution in [-0.4, -0.2) is 24.0 Å². The summed E-state index contributed by atoms with van der Waals surface area (Å²) in [6, 6.07) is 21.2. The van der Waals surface area contributed by atoms with Crippen LogP contribution in [0.15, 0.2) is 72.8 Å². The second kappa shape index (κ2) is 6.17. The third-order valence-electron chi connectivity index (χ3n) is 5.76. The van der Waals surface area contributed by atoms with Gasteiger partial charge >= 0.3 is 0 Å². The molecule has 0 spiro atoms. The number of amides is 2. The SMILES string of the molecule is CN1C(=O)C(C2(O)C(=O)N(c3ccccc3)c3cc(Cl)ccc32)c2ccccc21. The highest BCUT2D eigenvalue weighted by molar-refractivity contribution is 6.31. The first kappa shape index (κ1) is 17.9. The second-order valence-electron chi connectivity index (χ2n) is 7.29. The molecule has 2 amide bonds. The Kier molecular flexibility index (Phi) is 3.81. The van der Waals surface area contributed by atoms with Crippen LogP contribution < -0.4 is 9.80 Å². The summed E-state index contributed by atoms with van der Waals surface area (Å²) in [7, 11) is 1.65. The maximum atomic E-state index is 13.7. The molecule has 1 N–H and O–H groups in total. The van der Waals surface area contributed by atoms with Crippen LogP contribution in [0.4, 0.5) is 17.1 Å². The van der Waals surface area contributed by atoms with Gasteiger partial charge in [-0.3, -0.25) is 14.5 Å². The molecule has 0 aromatic heterocycles. The smallest absolute Gasteiger partial charge is 0.269 e. The van der Waals surface area contributed by atoms with E-state index in [1.165, 1.54) is 9.80 Å². The van der Waals surface area contributed by atoms with Crippen LogP contribution in [0.2, 0.25) is 5.02 Å². The van der Waals surface area contributed by atoms with Gasteiger partial charge in [-0.15, -0.1) is 0 Å². The molecule has 2 aliphatic rings. The number of aliphatic hydroxyl groups is 1. The van der Waals surface area contributed by atoms with Gasteiger partial charge in [-0.1, -0.05) is 54.1 Å². The van der Waals surface area contributed by atoms with E-state index in [1.54, 1.807) is 49.5 Å². The van der Waals surface area contributed by atoms with Crippen molar-refractivity contribution < 1.29 is 14.7 Å². The number of halogens is 1. The summed E-state index contributed by atoms with van der Waals surface area (Å²) >= 11 is 6.21. The summed E-state index contributed by atoms with van der Waals surface area (Å²) in [6.07, 6.45) is 0. The van der Waals surface area contributed by atoms with E-state index in [4.69, 9.17) is 11.6 Å². The Hall–Kier alpha value is -3.15. The number of hydrogen-bond acceptors (Lipinski definition) is 3. The molecule has 3 aromatic carbocycles. The average molecular weight is 405 g/mol. The molecule has 29 heavy (non-hydrogen) atoms. The number of fused-ring (bicyclic) bond motifs is 2. The van der Waals surface area contributed by atoms with Crippen molar-refractivity contribution in [2.24, 2.45) is 0 Å². The zero-order valence-electron chi connectivity index (χ0n) is 15.5. The number of likely N-dealkylation sites (N-methyl/N-ethyl adjacent to an activating group) is 1. The minimum Gasteiger partial charge on any atom is -0.374 e. The summed E-state index contributed by atoms with van der Waals surface area (Å²) in [5.41, 5.74) is 0.747. The van der Waals surface area contributed by atoms with Gasteiger partial charge < -0.3 is 10.0 Å². The summed E-state index contributed by atoms with van der Waals surface area (Å²) in [6.45, 7) is 0. The monoisotopic (exact) mass is 404 g/mol. The highest BCUT2D eigenvalue weighted by atomic mass is 35.5.